The van der Waals surface area contributed by atoms with Crippen LogP contribution in [0.2, 0.25) is 0 Å². The quantitative estimate of drug-likeness (QED) is 0.332. The molecule has 5 N–H and O–H groups in total. The van der Waals surface area contributed by atoms with E-state index in [2.05, 4.69) is 0 Å². The number of carbonyl (C=O) groups is 1. The van der Waals surface area contributed by atoms with Crippen molar-refractivity contribution >= 4 is 25.3 Å². The molecule has 0 saturated carbocycles. The third-order valence-corrected chi connectivity index (χ3v) is 3.02. The van der Waals surface area contributed by atoms with Gasteiger partial charge < -0.3 is 25.4 Å². The topological polar surface area (TPSA) is 130 Å². The summed E-state index contributed by atoms with van der Waals surface area (Å²) in [6.45, 7) is 0.220. The summed E-state index contributed by atoms with van der Waals surface area (Å²) in [6.07, 6.45) is -0.222. The van der Waals surface area contributed by atoms with Gasteiger partial charge in [0.15, 0.2) is 0 Å². The lowest BCUT2D eigenvalue weighted by atomic mass is 10.2. The van der Waals surface area contributed by atoms with Crippen LogP contribution in [0.3, 0.4) is 0 Å². The van der Waals surface area contributed by atoms with Crippen LogP contribution in [0.1, 0.15) is 6.42 Å². The number of thioether (sulfide) groups is 1. The monoisotopic (exact) mass is 273 g/mol. The van der Waals surface area contributed by atoms with E-state index >= 15 is 0 Å². The Labute approximate surface area is 97.5 Å². The van der Waals surface area contributed by atoms with Gasteiger partial charge in [0.2, 0.25) is 0 Å². The Morgan fingerprint density at radius 1 is 1.44 bits per heavy atom. The zero-order valence-corrected chi connectivity index (χ0v) is 10.3. The molecule has 0 heterocycles. The van der Waals surface area contributed by atoms with Gasteiger partial charge in [0.1, 0.15) is 12.4 Å². The van der Waals surface area contributed by atoms with Gasteiger partial charge in [0.25, 0.3) is 0 Å². The van der Waals surface area contributed by atoms with E-state index in [1.165, 1.54) is 11.8 Å². The predicted molar refractivity (Wildman–Crippen MR) is 60.4 cm³/mol. The molecule has 7 nitrogen and oxygen atoms in total. The molecular weight excluding hydrogens is 257 g/mol. The van der Waals surface area contributed by atoms with Crippen molar-refractivity contribution in [1.29, 1.82) is 0 Å². The van der Waals surface area contributed by atoms with E-state index in [0.717, 1.165) is 0 Å². The predicted octanol–water partition coefficient (Wildman–Crippen LogP) is -0.327. The van der Waals surface area contributed by atoms with E-state index in [4.69, 9.17) is 25.4 Å². The molecular formula is C7H16NO6PS. The average Bonchev–Trinajstić information content (AvgIpc) is 2.14. The first-order valence-corrected chi connectivity index (χ1v) is 7.46. The molecule has 0 aromatic rings. The first kappa shape index (κ1) is 15.9. The molecule has 9 heteroatoms. The van der Waals surface area contributed by atoms with Crippen LogP contribution in [-0.2, 0) is 14.1 Å². The van der Waals surface area contributed by atoms with Crippen LogP contribution in [0.15, 0.2) is 0 Å². The summed E-state index contributed by atoms with van der Waals surface area (Å²) in [5.41, 5.74) is 5.27. The fraction of sp³-hybridized carbons (Fsp3) is 0.857. The van der Waals surface area contributed by atoms with Crippen LogP contribution < -0.4 is 5.73 Å². The van der Waals surface area contributed by atoms with Crippen molar-refractivity contribution in [1.82, 2.24) is 0 Å². The molecule has 1 atom stereocenters. The van der Waals surface area contributed by atoms with Gasteiger partial charge in [-0.3, -0.25) is 9.36 Å². The zero-order valence-electron chi connectivity index (χ0n) is 8.61. The summed E-state index contributed by atoms with van der Waals surface area (Å²) in [7, 11) is -4.08. The lowest BCUT2D eigenvalue weighted by molar-refractivity contribution is -0.138. The molecule has 0 amide bonds. The summed E-state index contributed by atoms with van der Waals surface area (Å²) in [6, 6.07) is -0.858. The molecule has 0 rings (SSSR count). The average molecular weight is 273 g/mol. The van der Waals surface area contributed by atoms with Gasteiger partial charge >= 0.3 is 13.6 Å². The van der Waals surface area contributed by atoms with E-state index in [1.807, 2.05) is 0 Å². The highest BCUT2D eigenvalue weighted by atomic mass is 32.2. The van der Waals surface area contributed by atoms with Crippen molar-refractivity contribution < 1.29 is 29.0 Å². The van der Waals surface area contributed by atoms with E-state index in [1.54, 1.807) is 0 Å². The number of carboxylic acid groups (broad SMARTS) is 1. The molecule has 0 radical (unpaired) electrons. The Balaban J connectivity index is 3.28. The number of hydrogen-bond donors (Lipinski definition) is 4. The van der Waals surface area contributed by atoms with Crippen LogP contribution in [-0.4, -0.2) is 51.4 Å². The molecule has 0 aliphatic heterocycles. The lowest BCUT2D eigenvalue weighted by Crippen LogP contribution is -2.30. The Morgan fingerprint density at radius 3 is 2.56 bits per heavy atom. The van der Waals surface area contributed by atoms with E-state index in [0.29, 0.717) is 17.9 Å². The Hall–Kier alpha value is -0.110. The van der Waals surface area contributed by atoms with Crippen LogP contribution in [0.4, 0.5) is 0 Å². The van der Waals surface area contributed by atoms with Crippen LogP contribution in [0.5, 0.6) is 0 Å². The van der Waals surface area contributed by atoms with Crippen molar-refractivity contribution in [3.63, 3.8) is 0 Å². The maximum atomic E-state index is 10.4. The largest absolute Gasteiger partial charge is 0.480 e. The maximum Gasteiger partial charge on any atom is 0.350 e. The molecule has 0 aliphatic rings. The number of rotatable bonds is 9. The molecule has 0 aliphatic carbocycles. The van der Waals surface area contributed by atoms with Gasteiger partial charge in [0, 0.05) is 5.75 Å². The van der Waals surface area contributed by atoms with Gasteiger partial charge in [0.05, 0.1) is 6.61 Å². The number of carboxylic acids is 1. The lowest BCUT2D eigenvalue weighted by Gasteiger charge is -2.07. The first-order chi connectivity index (χ1) is 7.33. The molecule has 0 bridgehead atoms. The van der Waals surface area contributed by atoms with E-state index in [9.17, 15) is 9.36 Å². The molecule has 0 aromatic heterocycles. The van der Waals surface area contributed by atoms with Gasteiger partial charge in [-0.2, -0.15) is 11.8 Å². The van der Waals surface area contributed by atoms with Crippen LogP contribution >= 0.6 is 19.4 Å². The minimum absolute atomic E-state index is 0.220. The highest BCUT2D eigenvalue weighted by molar-refractivity contribution is 7.99. The summed E-state index contributed by atoms with van der Waals surface area (Å²) >= 11 is 1.43. The van der Waals surface area contributed by atoms with Crippen LogP contribution in [0, 0.1) is 0 Å². The fourth-order valence-electron chi connectivity index (χ4n) is 0.737. The second-order valence-electron chi connectivity index (χ2n) is 3.05. The second kappa shape index (κ2) is 8.05. The van der Waals surface area contributed by atoms with Crippen LogP contribution in [0.25, 0.3) is 0 Å². The minimum atomic E-state index is -4.08. The third-order valence-electron chi connectivity index (χ3n) is 1.52. The molecule has 1 unspecified atom stereocenters. The standard InChI is InChI=1S/C7H16NO6PS/c8-6(7(9)10)1-3-16-4-2-14-5-15(11,12)13/h6H,1-5,8H2,(H,9,10)(H2,11,12,13). The van der Waals surface area contributed by atoms with Crippen molar-refractivity contribution in [2.24, 2.45) is 5.73 Å². The highest BCUT2D eigenvalue weighted by Gasteiger charge is 2.12. The first-order valence-electron chi connectivity index (χ1n) is 4.51. The van der Waals surface area contributed by atoms with Gasteiger partial charge in [-0.1, -0.05) is 0 Å². The SMILES string of the molecule is NC(CCSCCOCP(=O)(O)O)C(=O)O. The van der Waals surface area contributed by atoms with E-state index < -0.39 is 26.0 Å². The molecule has 0 spiro atoms. The highest BCUT2D eigenvalue weighted by Crippen LogP contribution is 2.33. The minimum Gasteiger partial charge on any atom is -0.480 e. The molecule has 0 aromatic carbocycles. The third kappa shape index (κ3) is 10.4. The molecule has 16 heavy (non-hydrogen) atoms. The molecule has 0 fully saturated rings. The smallest absolute Gasteiger partial charge is 0.350 e. The number of ether oxygens (including phenoxy) is 1. The zero-order chi connectivity index (χ0) is 12.6. The number of hydrogen-bond acceptors (Lipinski definition) is 5. The van der Waals surface area contributed by atoms with Crippen molar-refractivity contribution in [2.45, 2.75) is 12.5 Å². The van der Waals surface area contributed by atoms with Gasteiger partial charge in [-0.05, 0) is 12.2 Å². The Bertz CT molecular complexity index is 257. The van der Waals surface area contributed by atoms with Gasteiger partial charge in [-0.15, -0.1) is 0 Å². The van der Waals surface area contributed by atoms with Crippen molar-refractivity contribution in [2.75, 3.05) is 24.5 Å². The van der Waals surface area contributed by atoms with E-state index in [-0.39, 0.29) is 6.61 Å². The Kier molecular flexibility index (Phi) is 8.00. The summed E-state index contributed by atoms with van der Waals surface area (Å²) in [4.78, 5) is 27.2. The fourth-order valence-corrected chi connectivity index (χ4v) is 1.96. The summed E-state index contributed by atoms with van der Waals surface area (Å²) < 4.78 is 15.1. The van der Waals surface area contributed by atoms with Crippen molar-refractivity contribution in [3.05, 3.63) is 0 Å². The maximum absolute atomic E-state index is 10.4. The summed E-state index contributed by atoms with van der Waals surface area (Å²) in [5.74, 6) is 0.0948. The summed E-state index contributed by atoms with van der Waals surface area (Å²) in [5, 5.41) is 8.47. The van der Waals surface area contributed by atoms with Crippen molar-refractivity contribution in [3.8, 4) is 0 Å². The second-order valence-corrected chi connectivity index (χ2v) is 5.86. The van der Waals surface area contributed by atoms with Gasteiger partial charge in [-0.25, -0.2) is 0 Å². The molecule has 96 valence electrons. The number of nitrogens with two attached hydrogens (primary N) is 1. The molecule has 0 saturated heterocycles. The normalized spacial score (nSPS) is 13.7. The Morgan fingerprint density at radius 2 is 2.06 bits per heavy atom. The number of aliphatic carboxylic acids is 1.